The lowest BCUT2D eigenvalue weighted by molar-refractivity contribution is 0.0835. The highest BCUT2D eigenvalue weighted by Crippen LogP contribution is 2.15. The van der Waals surface area contributed by atoms with Crippen LogP contribution in [0.3, 0.4) is 0 Å². The van der Waals surface area contributed by atoms with Crippen molar-refractivity contribution in [1.29, 1.82) is 0 Å². The highest BCUT2D eigenvalue weighted by molar-refractivity contribution is 5.92. The van der Waals surface area contributed by atoms with Crippen LogP contribution in [-0.4, -0.2) is 48.2 Å². The summed E-state index contributed by atoms with van der Waals surface area (Å²) in [6.45, 7) is 4.41. The molecule has 19 heavy (non-hydrogen) atoms. The van der Waals surface area contributed by atoms with E-state index in [0.29, 0.717) is 12.3 Å². The van der Waals surface area contributed by atoms with E-state index >= 15 is 0 Å². The minimum atomic E-state index is -0.167. The molecule has 0 aromatic carbocycles. The quantitative estimate of drug-likeness (QED) is 0.839. The molecule has 0 spiro atoms. The van der Waals surface area contributed by atoms with Gasteiger partial charge in [0.2, 0.25) is 0 Å². The lowest BCUT2D eigenvalue weighted by Crippen LogP contribution is -2.45. The maximum atomic E-state index is 11.8. The molecule has 0 bridgehead atoms. The molecule has 0 saturated carbocycles. The molecule has 1 saturated heterocycles. The SMILES string of the molecule is Cc1ccoc1C(=O)NCCN1CCCC[C@H]1CO. The van der Waals surface area contributed by atoms with E-state index in [-0.39, 0.29) is 18.6 Å². The molecule has 5 nitrogen and oxygen atoms in total. The number of piperidine rings is 1. The van der Waals surface area contributed by atoms with Crippen LogP contribution in [0.5, 0.6) is 0 Å². The van der Waals surface area contributed by atoms with Gasteiger partial charge in [-0.1, -0.05) is 6.42 Å². The van der Waals surface area contributed by atoms with Gasteiger partial charge in [0.05, 0.1) is 12.9 Å². The van der Waals surface area contributed by atoms with Crippen molar-refractivity contribution in [1.82, 2.24) is 10.2 Å². The number of aliphatic hydroxyl groups excluding tert-OH is 1. The number of amides is 1. The molecule has 1 fully saturated rings. The second-order valence-corrected chi connectivity index (χ2v) is 5.06. The first-order valence-corrected chi connectivity index (χ1v) is 6.89. The number of hydrogen-bond acceptors (Lipinski definition) is 4. The Balaban J connectivity index is 1.77. The number of carbonyl (C=O) groups excluding carboxylic acids is 1. The smallest absolute Gasteiger partial charge is 0.287 e. The summed E-state index contributed by atoms with van der Waals surface area (Å²) in [5.74, 6) is 0.220. The van der Waals surface area contributed by atoms with Crippen LogP contribution in [0, 0.1) is 6.92 Å². The van der Waals surface area contributed by atoms with Gasteiger partial charge in [0.1, 0.15) is 0 Å². The second-order valence-electron chi connectivity index (χ2n) is 5.06. The Kier molecular flexibility index (Phi) is 4.99. The van der Waals surface area contributed by atoms with Crippen LogP contribution in [0.25, 0.3) is 0 Å². The zero-order valence-corrected chi connectivity index (χ0v) is 11.4. The summed E-state index contributed by atoms with van der Waals surface area (Å²) >= 11 is 0. The molecular weight excluding hydrogens is 244 g/mol. The standard InChI is InChI=1S/C14H22N2O3/c1-11-5-9-19-13(11)14(18)15-6-8-16-7-3-2-4-12(16)10-17/h5,9,12,17H,2-4,6-8,10H2,1H3,(H,15,18)/t12-/m0/s1. The molecule has 0 aliphatic carbocycles. The minimum Gasteiger partial charge on any atom is -0.459 e. The third kappa shape index (κ3) is 3.58. The first-order chi connectivity index (χ1) is 9.22. The Morgan fingerprint density at radius 1 is 1.58 bits per heavy atom. The van der Waals surface area contributed by atoms with E-state index in [1.165, 1.54) is 19.1 Å². The van der Waals surface area contributed by atoms with E-state index in [4.69, 9.17) is 4.42 Å². The Labute approximate surface area is 113 Å². The highest BCUT2D eigenvalue weighted by Gasteiger charge is 2.21. The lowest BCUT2D eigenvalue weighted by Gasteiger charge is -2.34. The van der Waals surface area contributed by atoms with Crippen molar-refractivity contribution in [2.75, 3.05) is 26.2 Å². The van der Waals surface area contributed by atoms with Crippen LogP contribution >= 0.6 is 0 Å². The van der Waals surface area contributed by atoms with E-state index in [1.54, 1.807) is 6.07 Å². The molecule has 1 aromatic heterocycles. The van der Waals surface area contributed by atoms with Crippen LogP contribution in [0.15, 0.2) is 16.7 Å². The number of likely N-dealkylation sites (tertiary alicyclic amines) is 1. The van der Waals surface area contributed by atoms with E-state index in [9.17, 15) is 9.90 Å². The zero-order chi connectivity index (χ0) is 13.7. The van der Waals surface area contributed by atoms with Gasteiger partial charge in [0.25, 0.3) is 5.91 Å². The van der Waals surface area contributed by atoms with Gasteiger partial charge in [-0.25, -0.2) is 0 Å². The maximum absolute atomic E-state index is 11.8. The predicted octanol–water partition coefficient (Wildman–Crippen LogP) is 1.16. The van der Waals surface area contributed by atoms with Crippen LogP contribution in [0.4, 0.5) is 0 Å². The van der Waals surface area contributed by atoms with Crippen molar-refractivity contribution in [3.05, 3.63) is 23.7 Å². The molecule has 5 heteroatoms. The number of rotatable bonds is 5. The van der Waals surface area contributed by atoms with Gasteiger partial charge in [-0.2, -0.15) is 0 Å². The highest BCUT2D eigenvalue weighted by atomic mass is 16.3. The monoisotopic (exact) mass is 266 g/mol. The van der Waals surface area contributed by atoms with E-state index in [1.807, 2.05) is 6.92 Å². The summed E-state index contributed by atoms with van der Waals surface area (Å²) in [6, 6.07) is 2.03. The van der Waals surface area contributed by atoms with Crippen molar-refractivity contribution in [2.45, 2.75) is 32.2 Å². The Bertz CT molecular complexity index is 417. The molecule has 0 radical (unpaired) electrons. The van der Waals surface area contributed by atoms with Gasteiger partial charge in [-0.3, -0.25) is 9.69 Å². The number of nitrogens with zero attached hydrogens (tertiary/aromatic N) is 1. The summed E-state index contributed by atoms with van der Waals surface area (Å²) in [5.41, 5.74) is 0.851. The maximum Gasteiger partial charge on any atom is 0.287 e. The third-order valence-corrected chi connectivity index (χ3v) is 3.71. The molecule has 1 aliphatic heterocycles. The summed E-state index contributed by atoms with van der Waals surface area (Å²) in [4.78, 5) is 14.1. The van der Waals surface area contributed by atoms with Gasteiger partial charge in [0.15, 0.2) is 5.76 Å². The average Bonchev–Trinajstić information content (AvgIpc) is 2.85. The van der Waals surface area contributed by atoms with Gasteiger partial charge >= 0.3 is 0 Å². The molecule has 1 atom stereocenters. The number of hydrogen-bond donors (Lipinski definition) is 2. The fourth-order valence-electron chi connectivity index (χ4n) is 2.56. The summed E-state index contributed by atoms with van der Waals surface area (Å²) in [6.07, 6.45) is 4.92. The van der Waals surface area contributed by atoms with Crippen molar-refractivity contribution >= 4 is 5.91 Å². The van der Waals surface area contributed by atoms with E-state index in [0.717, 1.165) is 25.1 Å². The molecule has 1 aliphatic rings. The summed E-state index contributed by atoms with van der Waals surface area (Å²) in [7, 11) is 0. The molecule has 106 valence electrons. The number of furan rings is 1. The third-order valence-electron chi connectivity index (χ3n) is 3.71. The van der Waals surface area contributed by atoms with Gasteiger partial charge in [-0.15, -0.1) is 0 Å². The molecule has 1 amide bonds. The number of carbonyl (C=O) groups is 1. The largest absolute Gasteiger partial charge is 0.459 e. The number of aliphatic hydroxyl groups is 1. The first-order valence-electron chi connectivity index (χ1n) is 6.89. The summed E-state index contributed by atoms with van der Waals surface area (Å²) in [5, 5.41) is 12.2. The number of nitrogens with one attached hydrogen (secondary N) is 1. The minimum absolute atomic E-state index is 0.167. The molecule has 2 heterocycles. The molecule has 2 rings (SSSR count). The van der Waals surface area contributed by atoms with Crippen molar-refractivity contribution in [2.24, 2.45) is 0 Å². The van der Waals surface area contributed by atoms with E-state index in [2.05, 4.69) is 10.2 Å². The van der Waals surface area contributed by atoms with Crippen LogP contribution in [0.2, 0.25) is 0 Å². The van der Waals surface area contributed by atoms with E-state index < -0.39 is 0 Å². The zero-order valence-electron chi connectivity index (χ0n) is 11.4. The molecule has 2 N–H and O–H groups in total. The fourth-order valence-corrected chi connectivity index (χ4v) is 2.56. The van der Waals surface area contributed by atoms with Crippen molar-refractivity contribution in [3.63, 3.8) is 0 Å². The van der Waals surface area contributed by atoms with Crippen molar-refractivity contribution in [3.8, 4) is 0 Å². The molecule has 0 unspecified atom stereocenters. The Morgan fingerprint density at radius 3 is 3.11 bits per heavy atom. The topological polar surface area (TPSA) is 65.7 Å². The van der Waals surface area contributed by atoms with Crippen molar-refractivity contribution < 1.29 is 14.3 Å². The molecule has 1 aromatic rings. The average molecular weight is 266 g/mol. The Morgan fingerprint density at radius 2 is 2.42 bits per heavy atom. The summed E-state index contributed by atoms with van der Waals surface area (Å²) < 4.78 is 5.15. The normalized spacial score (nSPS) is 20.4. The lowest BCUT2D eigenvalue weighted by atomic mass is 10.0. The fraction of sp³-hybridized carbons (Fsp3) is 0.643. The predicted molar refractivity (Wildman–Crippen MR) is 72.1 cm³/mol. The van der Waals surface area contributed by atoms with Gasteiger partial charge in [0, 0.05) is 24.7 Å². The van der Waals surface area contributed by atoms with Crippen LogP contribution < -0.4 is 5.32 Å². The number of aryl methyl sites for hydroxylation is 1. The van der Waals surface area contributed by atoms with Crippen LogP contribution in [-0.2, 0) is 0 Å². The Hall–Kier alpha value is -1.33. The van der Waals surface area contributed by atoms with Gasteiger partial charge < -0.3 is 14.8 Å². The van der Waals surface area contributed by atoms with Gasteiger partial charge in [-0.05, 0) is 32.4 Å². The second kappa shape index (κ2) is 6.73. The first kappa shape index (κ1) is 14.1. The van der Waals surface area contributed by atoms with Crippen LogP contribution in [0.1, 0.15) is 35.4 Å². The molecular formula is C14H22N2O3.